The van der Waals surface area contributed by atoms with E-state index >= 15 is 0 Å². The zero-order valence-corrected chi connectivity index (χ0v) is 11.7. The number of benzene rings is 1. The maximum atomic E-state index is 13.5. The predicted octanol–water partition coefficient (Wildman–Crippen LogP) is 3.29. The van der Waals surface area contributed by atoms with E-state index in [2.05, 4.69) is 5.43 Å². The molecule has 0 heterocycles. The van der Waals surface area contributed by atoms with Gasteiger partial charge in [0.25, 0.3) is 0 Å². The zero-order chi connectivity index (χ0) is 13.4. The lowest BCUT2D eigenvalue weighted by Crippen LogP contribution is -2.39. The molecule has 0 aliphatic heterocycles. The Morgan fingerprint density at radius 1 is 1.32 bits per heavy atom. The average Bonchev–Trinajstić information content (AvgIpc) is 3.15. The van der Waals surface area contributed by atoms with Gasteiger partial charge in [0.1, 0.15) is 5.82 Å². The number of hydrazine groups is 1. The Balaban J connectivity index is 1.72. The number of fused-ring (bicyclic) bond motifs is 1. The lowest BCUT2D eigenvalue weighted by Gasteiger charge is -2.17. The molecule has 2 aliphatic rings. The molecule has 1 aromatic rings. The van der Waals surface area contributed by atoms with Crippen molar-refractivity contribution < 1.29 is 4.39 Å². The fourth-order valence-corrected chi connectivity index (χ4v) is 4.10. The topological polar surface area (TPSA) is 38.0 Å². The number of hydrogen-bond acceptors (Lipinski definition) is 2. The first-order chi connectivity index (χ1) is 9.22. The predicted molar refractivity (Wildman–Crippen MR) is 75.2 cm³/mol. The van der Waals surface area contributed by atoms with Crippen LogP contribution in [0.15, 0.2) is 18.2 Å². The van der Waals surface area contributed by atoms with Crippen LogP contribution in [0.25, 0.3) is 0 Å². The maximum Gasteiger partial charge on any atom is 0.142 e. The molecule has 0 bridgehead atoms. The van der Waals surface area contributed by atoms with Crippen LogP contribution >= 0.6 is 11.6 Å². The van der Waals surface area contributed by atoms with Gasteiger partial charge in [-0.2, -0.15) is 0 Å². The Bertz CT molecular complexity index is 453. The van der Waals surface area contributed by atoms with Gasteiger partial charge in [-0.25, -0.2) is 4.39 Å². The maximum absolute atomic E-state index is 13.5. The molecule has 0 radical (unpaired) electrons. The molecule has 0 spiro atoms. The molecule has 3 unspecified atom stereocenters. The van der Waals surface area contributed by atoms with E-state index in [0.29, 0.717) is 12.3 Å². The van der Waals surface area contributed by atoms with Crippen molar-refractivity contribution in [2.75, 3.05) is 0 Å². The van der Waals surface area contributed by atoms with Crippen molar-refractivity contribution in [2.45, 2.75) is 38.1 Å². The largest absolute Gasteiger partial charge is 0.271 e. The molecule has 0 amide bonds. The van der Waals surface area contributed by atoms with E-state index in [1.165, 1.54) is 31.7 Å². The van der Waals surface area contributed by atoms with Gasteiger partial charge in [0, 0.05) is 6.04 Å². The highest BCUT2D eigenvalue weighted by atomic mass is 35.5. The van der Waals surface area contributed by atoms with E-state index in [1.54, 1.807) is 6.07 Å². The molecule has 2 aliphatic carbocycles. The minimum atomic E-state index is -0.344. The van der Waals surface area contributed by atoms with Gasteiger partial charge in [-0.05, 0) is 48.6 Å². The van der Waals surface area contributed by atoms with Gasteiger partial charge in [-0.3, -0.25) is 11.3 Å². The molecule has 4 heteroatoms. The van der Waals surface area contributed by atoms with Gasteiger partial charge < -0.3 is 0 Å². The smallest absolute Gasteiger partial charge is 0.142 e. The van der Waals surface area contributed by atoms with Gasteiger partial charge in [0.2, 0.25) is 0 Å². The van der Waals surface area contributed by atoms with Gasteiger partial charge >= 0.3 is 0 Å². The van der Waals surface area contributed by atoms with Crippen LogP contribution in [0.1, 0.15) is 31.2 Å². The van der Waals surface area contributed by atoms with Crippen LogP contribution in [0, 0.1) is 23.6 Å². The van der Waals surface area contributed by atoms with E-state index in [0.717, 1.165) is 17.4 Å². The number of hydrogen-bond donors (Lipinski definition) is 2. The Morgan fingerprint density at radius 3 is 2.63 bits per heavy atom. The van der Waals surface area contributed by atoms with Crippen molar-refractivity contribution in [3.8, 4) is 0 Å². The Labute approximate surface area is 118 Å². The molecule has 3 N–H and O–H groups in total. The fourth-order valence-electron chi connectivity index (χ4n) is 3.89. The van der Waals surface area contributed by atoms with Gasteiger partial charge in [0.05, 0.1) is 5.02 Å². The summed E-state index contributed by atoms with van der Waals surface area (Å²) in [6.07, 6.45) is 6.05. The molecular formula is C15H20ClFN2. The number of rotatable bonds is 4. The highest BCUT2D eigenvalue weighted by Crippen LogP contribution is 2.57. The number of halogens is 2. The van der Waals surface area contributed by atoms with Gasteiger partial charge in [-0.1, -0.05) is 36.6 Å². The van der Waals surface area contributed by atoms with Crippen molar-refractivity contribution in [3.63, 3.8) is 0 Å². The minimum absolute atomic E-state index is 0.215. The second-order valence-corrected chi connectivity index (χ2v) is 6.26. The molecule has 104 valence electrons. The lowest BCUT2D eigenvalue weighted by atomic mass is 10.0. The van der Waals surface area contributed by atoms with Gasteiger partial charge in [0.15, 0.2) is 0 Å². The molecule has 0 saturated heterocycles. The van der Waals surface area contributed by atoms with Crippen LogP contribution in [-0.2, 0) is 6.42 Å². The molecule has 2 fully saturated rings. The van der Waals surface area contributed by atoms with Crippen LogP contribution in [0.5, 0.6) is 0 Å². The lowest BCUT2D eigenvalue weighted by molar-refractivity contribution is 0.436. The second kappa shape index (κ2) is 5.39. The highest BCUT2D eigenvalue weighted by Gasteiger charge is 2.53. The fraction of sp³-hybridized carbons (Fsp3) is 0.600. The van der Waals surface area contributed by atoms with E-state index in [9.17, 15) is 4.39 Å². The van der Waals surface area contributed by atoms with E-state index in [1.807, 2.05) is 6.07 Å². The molecule has 3 atom stereocenters. The Kier molecular flexibility index (Phi) is 3.79. The van der Waals surface area contributed by atoms with Crippen LogP contribution in [0.3, 0.4) is 0 Å². The van der Waals surface area contributed by atoms with Gasteiger partial charge in [-0.15, -0.1) is 0 Å². The molecular weight excluding hydrogens is 263 g/mol. The standard InChI is InChI=1S/C15H20ClFN2/c16-15-9(4-3-7-12(15)17)8-13(19-18)14-10-5-1-2-6-11(10)14/h3-4,7,10-11,13-14,19H,1-2,5-6,8,18H2. The van der Waals surface area contributed by atoms with Crippen LogP contribution in [0.4, 0.5) is 4.39 Å². The van der Waals surface area contributed by atoms with Crippen molar-refractivity contribution in [1.29, 1.82) is 0 Å². The van der Waals surface area contributed by atoms with Crippen molar-refractivity contribution in [3.05, 3.63) is 34.6 Å². The van der Waals surface area contributed by atoms with Crippen molar-refractivity contribution >= 4 is 11.6 Å². The van der Waals surface area contributed by atoms with Crippen LogP contribution in [0.2, 0.25) is 5.02 Å². The monoisotopic (exact) mass is 282 g/mol. The van der Waals surface area contributed by atoms with Crippen LogP contribution < -0.4 is 11.3 Å². The summed E-state index contributed by atoms with van der Waals surface area (Å²) in [5.41, 5.74) is 3.79. The summed E-state index contributed by atoms with van der Waals surface area (Å²) in [5, 5.41) is 0.242. The second-order valence-electron chi connectivity index (χ2n) is 5.88. The molecule has 0 aromatic heterocycles. The summed E-state index contributed by atoms with van der Waals surface area (Å²) in [5.74, 6) is 7.66. The Hall–Kier alpha value is -0.640. The molecule has 2 saturated carbocycles. The third-order valence-corrected chi connectivity index (χ3v) is 5.30. The highest BCUT2D eigenvalue weighted by molar-refractivity contribution is 6.31. The van der Waals surface area contributed by atoms with E-state index < -0.39 is 0 Å². The summed E-state index contributed by atoms with van der Waals surface area (Å²) in [4.78, 5) is 0. The Morgan fingerprint density at radius 2 is 2.00 bits per heavy atom. The molecule has 19 heavy (non-hydrogen) atoms. The van der Waals surface area contributed by atoms with E-state index in [4.69, 9.17) is 17.4 Å². The van der Waals surface area contributed by atoms with Crippen LogP contribution in [-0.4, -0.2) is 6.04 Å². The average molecular weight is 283 g/mol. The third-order valence-electron chi connectivity index (χ3n) is 4.87. The summed E-state index contributed by atoms with van der Waals surface area (Å²) >= 11 is 6.03. The molecule has 1 aromatic carbocycles. The first-order valence-electron chi connectivity index (χ1n) is 7.11. The summed E-state index contributed by atoms with van der Waals surface area (Å²) in [6.45, 7) is 0. The van der Waals surface area contributed by atoms with Crippen molar-refractivity contribution in [1.82, 2.24) is 5.43 Å². The molecule has 2 nitrogen and oxygen atoms in total. The minimum Gasteiger partial charge on any atom is -0.271 e. The summed E-state index contributed by atoms with van der Waals surface area (Å²) in [7, 11) is 0. The number of nitrogens with one attached hydrogen (secondary N) is 1. The van der Waals surface area contributed by atoms with E-state index in [-0.39, 0.29) is 16.9 Å². The quantitative estimate of drug-likeness (QED) is 0.657. The summed E-state index contributed by atoms with van der Waals surface area (Å²) < 4.78 is 13.5. The normalized spacial score (nSPS) is 30.8. The van der Waals surface area contributed by atoms with Crippen molar-refractivity contribution in [2.24, 2.45) is 23.6 Å². The molecule has 3 rings (SSSR count). The summed E-state index contributed by atoms with van der Waals surface area (Å²) in [6, 6.07) is 5.21. The first-order valence-corrected chi connectivity index (χ1v) is 7.49. The first kappa shape index (κ1) is 13.3. The number of nitrogens with two attached hydrogens (primary N) is 1. The third kappa shape index (κ3) is 2.51. The zero-order valence-electron chi connectivity index (χ0n) is 10.9. The SMILES string of the molecule is NNC(Cc1cccc(F)c1Cl)C1C2CCCCC21.